The molecule has 0 spiro atoms. The van der Waals surface area contributed by atoms with E-state index in [-0.39, 0.29) is 36.1 Å². The number of piperidine rings is 1. The van der Waals surface area contributed by atoms with Gasteiger partial charge in [-0.05, 0) is 25.7 Å². The average molecular weight is 465 g/mol. The highest BCUT2D eigenvalue weighted by molar-refractivity contribution is 14.0. The molecule has 142 valence electrons. The number of likely N-dealkylation sites (tertiary alicyclic amines) is 1. The van der Waals surface area contributed by atoms with Crippen LogP contribution in [0.3, 0.4) is 0 Å². The van der Waals surface area contributed by atoms with Crippen LogP contribution in [0.4, 0.5) is 4.79 Å². The number of hydrogen-bond donors (Lipinski definition) is 2. The number of nitrogens with one attached hydrogen (secondary N) is 1. The molecule has 1 aromatic heterocycles. The maximum Gasteiger partial charge on any atom is 0.409 e. The lowest BCUT2D eigenvalue weighted by Crippen LogP contribution is -2.48. The summed E-state index contributed by atoms with van der Waals surface area (Å²) in [4.78, 5) is 17.7. The fraction of sp³-hybridized carbons (Fsp3) is 0.688. The lowest BCUT2D eigenvalue weighted by Gasteiger charge is -2.31. The van der Waals surface area contributed by atoms with Crippen LogP contribution in [0.25, 0.3) is 0 Å². The lowest BCUT2D eigenvalue weighted by molar-refractivity contribution is 0.0963. The Hall–Kier alpha value is -1.52. The van der Waals surface area contributed by atoms with E-state index in [0.717, 1.165) is 18.5 Å². The van der Waals surface area contributed by atoms with E-state index in [9.17, 15) is 4.79 Å². The van der Waals surface area contributed by atoms with Gasteiger partial charge in [-0.1, -0.05) is 19.0 Å². The molecule has 0 radical (unpaired) electrons. The molecule has 1 saturated heterocycles. The summed E-state index contributed by atoms with van der Waals surface area (Å²) < 4.78 is 10.2. The number of carbonyl (C=O) groups is 1. The summed E-state index contributed by atoms with van der Waals surface area (Å²) in [5, 5.41) is 7.19. The number of ether oxygens (including phenoxy) is 1. The Bertz CT molecular complexity index is 568. The first kappa shape index (κ1) is 21.5. The number of aliphatic imine (C=N–C) groups is 1. The number of hydrogen-bond acceptors (Lipinski definition) is 5. The third-order valence-electron chi connectivity index (χ3n) is 3.95. The van der Waals surface area contributed by atoms with Crippen LogP contribution >= 0.6 is 24.0 Å². The minimum absolute atomic E-state index is 0. The van der Waals surface area contributed by atoms with Gasteiger partial charge in [0.15, 0.2) is 11.7 Å². The summed E-state index contributed by atoms with van der Waals surface area (Å²) >= 11 is 0. The van der Waals surface area contributed by atoms with Gasteiger partial charge in [-0.15, -0.1) is 24.0 Å². The summed E-state index contributed by atoms with van der Waals surface area (Å²) in [6, 6.07) is 2.11. The predicted molar refractivity (Wildman–Crippen MR) is 106 cm³/mol. The van der Waals surface area contributed by atoms with E-state index < -0.39 is 0 Å². The minimum atomic E-state index is -0.246. The van der Waals surface area contributed by atoms with Gasteiger partial charge in [0.25, 0.3) is 0 Å². The highest BCUT2D eigenvalue weighted by atomic mass is 127. The van der Waals surface area contributed by atoms with Crippen molar-refractivity contribution in [3.63, 3.8) is 0 Å². The van der Waals surface area contributed by atoms with Gasteiger partial charge < -0.3 is 25.2 Å². The van der Waals surface area contributed by atoms with E-state index in [1.54, 1.807) is 4.90 Å². The molecule has 1 amide bonds. The molecular weight excluding hydrogens is 437 g/mol. The number of guanidine groups is 1. The quantitative estimate of drug-likeness (QED) is 0.393. The van der Waals surface area contributed by atoms with Crippen molar-refractivity contribution in [1.29, 1.82) is 0 Å². The fourth-order valence-electron chi connectivity index (χ4n) is 2.51. The van der Waals surface area contributed by atoms with Crippen molar-refractivity contribution in [3.8, 4) is 0 Å². The number of rotatable bonds is 5. The van der Waals surface area contributed by atoms with Crippen LogP contribution < -0.4 is 11.1 Å². The smallest absolute Gasteiger partial charge is 0.409 e. The molecule has 1 aromatic rings. The van der Waals surface area contributed by atoms with E-state index in [2.05, 4.69) is 29.3 Å². The highest BCUT2D eigenvalue weighted by Crippen LogP contribution is 2.15. The molecule has 9 heteroatoms. The minimum Gasteiger partial charge on any atom is -0.450 e. The zero-order valence-electron chi connectivity index (χ0n) is 15.0. The monoisotopic (exact) mass is 465 g/mol. The molecule has 3 N–H and O–H groups in total. The summed E-state index contributed by atoms with van der Waals surface area (Å²) in [7, 11) is 0. The Morgan fingerprint density at radius 2 is 2.20 bits per heavy atom. The Labute approximate surface area is 165 Å². The Morgan fingerprint density at radius 3 is 2.76 bits per heavy atom. The van der Waals surface area contributed by atoms with Crippen molar-refractivity contribution in [1.82, 2.24) is 15.4 Å². The SMILES string of the molecule is CCOC(=O)N1CCC(NC(N)=NCc2cc(C(C)C)no2)CC1.I. The number of carbonyl (C=O) groups excluding carboxylic acids is 1. The van der Waals surface area contributed by atoms with Gasteiger partial charge in [-0.25, -0.2) is 9.79 Å². The number of halogens is 1. The Kier molecular flexibility index (Phi) is 9.01. The van der Waals surface area contributed by atoms with E-state index in [1.165, 1.54) is 0 Å². The summed E-state index contributed by atoms with van der Waals surface area (Å²) in [5.74, 6) is 1.40. The molecule has 0 saturated carbocycles. The number of nitrogens with zero attached hydrogens (tertiary/aromatic N) is 3. The third-order valence-corrected chi connectivity index (χ3v) is 3.95. The molecule has 0 bridgehead atoms. The molecular formula is C16H28IN5O3. The maximum absolute atomic E-state index is 11.7. The fourth-order valence-corrected chi connectivity index (χ4v) is 2.51. The van der Waals surface area contributed by atoms with Crippen LogP contribution in [-0.4, -0.2) is 47.8 Å². The van der Waals surface area contributed by atoms with Crippen LogP contribution in [0.5, 0.6) is 0 Å². The van der Waals surface area contributed by atoms with Gasteiger partial charge >= 0.3 is 6.09 Å². The highest BCUT2D eigenvalue weighted by Gasteiger charge is 2.23. The molecule has 2 heterocycles. The van der Waals surface area contributed by atoms with Gasteiger partial charge in [0, 0.05) is 25.2 Å². The second kappa shape index (κ2) is 10.5. The average Bonchev–Trinajstić information content (AvgIpc) is 3.03. The van der Waals surface area contributed by atoms with Crippen molar-refractivity contribution >= 4 is 36.0 Å². The Balaban J connectivity index is 0.00000312. The Morgan fingerprint density at radius 1 is 1.52 bits per heavy atom. The second-order valence-electron chi connectivity index (χ2n) is 6.18. The molecule has 25 heavy (non-hydrogen) atoms. The van der Waals surface area contributed by atoms with Gasteiger partial charge in [-0.3, -0.25) is 0 Å². The van der Waals surface area contributed by atoms with Gasteiger partial charge in [0.05, 0.1) is 12.3 Å². The zero-order chi connectivity index (χ0) is 17.5. The number of aromatic nitrogens is 1. The molecule has 1 fully saturated rings. The van der Waals surface area contributed by atoms with Crippen LogP contribution in [0.15, 0.2) is 15.6 Å². The zero-order valence-corrected chi connectivity index (χ0v) is 17.4. The summed E-state index contributed by atoms with van der Waals surface area (Å²) in [5.41, 5.74) is 6.85. The molecule has 0 aromatic carbocycles. The molecule has 8 nitrogen and oxygen atoms in total. The van der Waals surface area contributed by atoms with Crippen LogP contribution in [-0.2, 0) is 11.3 Å². The van der Waals surface area contributed by atoms with Crippen molar-refractivity contribution in [2.24, 2.45) is 10.7 Å². The van der Waals surface area contributed by atoms with Gasteiger partial charge in [0.1, 0.15) is 6.54 Å². The van der Waals surface area contributed by atoms with Gasteiger partial charge in [-0.2, -0.15) is 0 Å². The maximum atomic E-state index is 11.7. The molecule has 2 rings (SSSR count). The van der Waals surface area contributed by atoms with E-state index in [0.29, 0.717) is 43.9 Å². The first-order chi connectivity index (χ1) is 11.5. The first-order valence-electron chi connectivity index (χ1n) is 8.43. The predicted octanol–water partition coefficient (Wildman–Crippen LogP) is 2.44. The standard InChI is InChI=1S/C16H27N5O3.HI/c1-4-23-16(22)21-7-5-12(6-8-21)19-15(17)18-10-13-9-14(11(2)3)20-24-13;/h9,11-12H,4-8,10H2,1-3H3,(H3,17,18,19);1H. The topological polar surface area (TPSA) is 106 Å². The number of nitrogens with two attached hydrogens (primary N) is 1. The largest absolute Gasteiger partial charge is 0.450 e. The molecule has 1 aliphatic heterocycles. The van der Waals surface area contributed by atoms with Gasteiger partial charge in [0.2, 0.25) is 0 Å². The normalized spacial score (nSPS) is 15.8. The van der Waals surface area contributed by atoms with Crippen molar-refractivity contribution in [3.05, 3.63) is 17.5 Å². The number of amides is 1. The van der Waals surface area contributed by atoms with Crippen molar-refractivity contribution in [2.75, 3.05) is 19.7 Å². The molecule has 0 unspecified atom stereocenters. The molecule has 1 aliphatic rings. The molecule has 0 atom stereocenters. The third kappa shape index (κ3) is 6.71. The van der Waals surface area contributed by atoms with Crippen LogP contribution in [0.1, 0.15) is 51.0 Å². The second-order valence-corrected chi connectivity index (χ2v) is 6.18. The first-order valence-corrected chi connectivity index (χ1v) is 8.43. The van der Waals surface area contributed by atoms with E-state index in [4.69, 9.17) is 15.0 Å². The van der Waals surface area contributed by atoms with Crippen LogP contribution in [0.2, 0.25) is 0 Å². The summed E-state index contributed by atoms with van der Waals surface area (Å²) in [6.45, 7) is 8.00. The van der Waals surface area contributed by atoms with E-state index >= 15 is 0 Å². The summed E-state index contributed by atoms with van der Waals surface area (Å²) in [6.07, 6.45) is 1.38. The molecule has 0 aliphatic carbocycles. The van der Waals surface area contributed by atoms with Crippen LogP contribution in [0, 0.1) is 0 Å². The lowest BCUT2D eigenvalue weighted by atomic mass is 10.1. The van der Waals surface area contributed by atoms with E-state index in [1.807, 2.05) is 13.0 Å². The van der Waals surface area contributed by atoms with Crippen molar-refractivity contribution < 1.29 is 14.1 Å². The van der Waals surface area contributed by atoms with Crippen molar-refractivity contribution in [2.45, 2.75) is 52.1 Å².